The van der Waals surface area contributed by atoms with Gasteiger partial charge in [-0.3, -0.25) is 4.79 Å². The summed E-state index contributed by atoms with van der Waals surface area (Å²) in [5.74, 6) is -4.07. The van der Waals surface area contributed by atoms with Crippen LogP contribution in [0.2, 0.25) is 0 Å². The van der Waals surface area contributed by atoms with E-state index in [4.69, 9.17) is 28.1 Å². The molecule has 18 heteroatoms. The largest absolute Gasteiger partial charge is 0.508 e. The fourth-order valence-corrected chi connectivity index (χ4v) is 5.86. The second-order valence-corrected chi connectivity index (χ2v) is 12.6. The third-order valence-electron chi connectivity index (χ3n) is 8.82. The van der Waals surface area contributed by atoms with Gasteiger partial charge >= 0.3 is 5.97 Å². The Kier molecular flexibility index (Phi) is 11.0. The lowest BCUT2D eigenvalue weighted by atomic mass is 9.99. The number of esters is 1. The number of aromatic hydroxyl groups is 4. The number of hydrogen-bond donors (Lipinski definition) is 10. The average Bonchev–Trinajstić information content (AvgIpc) is 3.14. The molecule has 2 fully saturated rings. The van der Waals surface area contributed by atoms with Gasteiger partial charge in [0.25, 0.3) is 0 Å². The number of carbonyl (C=O) groups excluding carboxylic acids is 1. The average molecular weight is 757 g/mol. The molecule has 3 aromatic carbocycles. The molecule has 0 unspecified atom stereocenters. The molecule has 2 saturated heterocycles. The summed E-state index contributed by atoms with van der Waals surface area (Å²) in [5.41, 5.74) is -0.949. The first-order chi connectivity index (χ1) is 25.7. The van der Waals surface area contributed by atoms with Crippen molar-refractivity contribution in [3.63, 3.8) is 0 Å². The van der Waals surface area contributed by atoms with Crippen LogP contribution in [0.1, 0.15) is 12.5 Å². The highest BCUT2D eigenvalue weighted by atomic mass is 16.7. The van der Waals surface area contributed by atoms with Crippen molar-refractivity contribution in [1.29, 1.82) is 0 Å². The van der Waals surface area contributed by atoms with Gasteiger partial charge in [-0.25, -0.2) is 4.79 Å². The normalized spacial score (nSPS) is 28.6. The van der Waals surface area contributed by atoms with Crippen LogP contribution >= 0.6 is 0 Å². The highest BCUT2D eigenvalue weighted by Crippen LogP contribution is 2.39. The first-order valence-electron chi connectivity index (χ1n) is 16.4. The summed E-state index contributed by atoms with van der Waals surface area (Å²) in [6.45, 7) is 0.585. The maximum absolute atomic E-state index is 14.2. The van der Waals surface area contributed by atoms with Gasteiger partial charge in [0.2, 0.25) is 23.8 Å². The van der Waals surface area contributed by atoms with Crippen molar-refractivity contribution in [2.75, 3.05) is 6.61 Å². The number of aliphatic hydroxyl groups is 6. The summed E-state index contributed by atoms with van der Waals surface area (Å²) in [5, 5.41) is 102. The zero-order valence-electron chi connectivity index (χ0n) is 28.1. The van der Waals surface area contributed by atoms with E-state index in [0.717, 1.165) is 24.3 Å². The molecule has 6 rings (SSSR count). The summed E-state index contributed by atoms with van der Waals surface area (Å²) in [6.07, 6.45) is -14.2. The number of hydrogen-bond acceptors (Lipinski definition) is 18. The van der Waals surface area contributed by atoms with E-state index in [1.807, 2.05) is 0 Å². The van der Waals surface area contributed by atoms with E-state index in [2.05, 4.69) is 0 Å². The van der Waals surface area contributed by atoms with Crippen LogP contribution in [0, 0.1) is 0 Å². The van der Waals surface area contributed by atoms with Gasteiger partial charge in [0.15, 0.2) is 23.4 Å². The van der Waals surface area contributed by atoms with E-state index in [9.17, 15) is 60.7 Å². The standard InChI is InChI=1S/C36H36O18/c1-14-26(43)29(46)31(48)35(49-14)50-18-11-21(41)25-22(12-18)51-32(16-4-6-17(38)7-5-16)33(28(25)45)54-36-34(30(47)27(44)23(13-37)52-36)53-24(42)9-3-15-2-8-19(39)20(40)10-15/h2-12,14,23,26-27,29-31,34-41,43-44,46-48H,13H2,1H3/b9-3+/t14-,23-,26+,27-,29+,30-,31-,34-,35+,36+/m1/s1. The van der Waals surface area contributed by atoms with Gasteiger partial charge in [-0.2, -0.15) is 0 Å². The Morgan fingerprint density at radius 1 is 0.778 bits per heavy atom. The summed E-state index contributed by atoms with van der Waals surface area (Å²) in [7, 11) is 0. The Morgan fingerprint density at radius 3 is 2.19 bits per heavy atom. The van der Waals surface area contributed by atoms with E-state index in [-0.39, 0.29) is 34.0 Å². The van der Waals surface area contributed by atoms with Gasteiger partial charge in [0, 0.05) is 23.8 Å². The van der Waals surface area contributed by atoms with E-state index < -0.39 is 108 Å². The van der Waals surface area contributed by atoms with Crippen molar-refractivity contribution in [3.8, 4) is 45.8 Å². The van der Waals surface area contributed by atoms with Gasteiger partial charge in [-0.1, -0.05) is 6.07 Å². The van der Waals surface area contributed by atoms with Crippen LogP contribution in [0.15, 0.2) is 69.9 Å². The van der Waals surface area contributed by atoms with Crippen LogP contribution in [0.5, 0.6) is 34.5 Å². The third-order valence-corrected chi connectivity index (χ3v) is 8.82. The van der Waals surface area contributed by atoms with Gasteiger partial charge in [-0.05, 0) is 55.0 Å². The molecule has 4 aromatic rings. The predicted octanol–water partition coefficient (Wildman–Crippen LogP) is -0.0683. The number of phenolic OH excluding ortho intramolecular Hbond substituents is 4. The van der Waals surface area contributed by atoms with Gasteiger partial charge in [-0.15, -0.1) is 0 Å². The van der Waals surface area contributed by atoms with E-state index in [1.165, 1.54) is 49.4 Å². The van der Waals surface area contributed by atoms with Crippen molar-refractivity contribution in [2.24, 2.45) is 0 Å². The molecule has 2 aliphatic heterocycles. The quantitative estimate of drug-likeness (QED) is 0.0607. The lowest BCUT2D eigenvalue weighted by Gasteiger charge is -2.41. The lowest BCUT2D eigenvalue weighted by molar-refractivity contribution is -0.281. The summed E-state index contributed by atoms with van der Waals surface area (Å²) < 4.78 is 34.1. The van der Waals surface area contributed by atoms with Crippen LogP contribution in [-0.4, -0.2) is 125 Å². The number of carbonyl (C=O) groups is 1. The zero-order chi connectivity index (χ0) is 39.0. The van der Waals surface area contributed by atoms with Crippen molar-refractivity contribution in [2.45, 2.75) is 68.3 Å². The van der Waals surface area contributed by atoms with Crippen molar-refractivity contribution in [1.82, 2.24) is 0 Å². The highest BCUT2D eigenvalue weighted by Gasteiger charge is 2.48. The molecule has 10 N–H and O–H groups in total. The Labute approximate surface area is 304 Å². The van der Waals surface area contributed by atoms with Crippen LogP contribution in [0.3, 0.4) is 0 Å². The van der Waals surface area contributed by atoms with Crippen LogP contribution in [0.4, 0.5) is 0 Å². The Hall–Kier alpha value is -5.44. The molecule has 288 valence electrons. The minimum atomic E-state index is -1.95. The molecule has 0 saturated carbocycles. The molecule has 0 aliphatic carbocycles. The van der Waals surface area contributed by atoms with E-state index in [0.29, 0.717) is 0 Å². The molecule has 2 aliphatic rings. The van der Waals surface area contributed by atoms with Crippen LogP contribution < -0.4 is 14.9 Å². The molecular formula is C36H36O18. The molecule has 0 radical (unpaired) electrons. The lowest BCUT2D eigenvalue weighted by Crippen LogP contribution is -2.61. The minimum absolute atomic E-state index is 0.119. The fourth-order valence-electron chi connectivity index (χ4n) is 5.86. The first-order valence-corrected chi connectivity index (χ1v) is 16.4. The Balaban J connectivity index is 1.38. The molecule has 3 heterocycles. The smallest absolute Gasteiger partial charge is 0.331 e. The maximum atomic E-state index is 14.2. The first kappa shape index (κ1) is 38.3. The van der Waals surface area contributed by atoms with Crippen LogP contribution in [-0.2, 0) is 19.0 Å². The van der Waals surface area contributed by atoms with Crippen molar-refractivity contribution < 1.29 is 84.0 Å². The monoisotopic (exact) mass is 756 g/mol. The molecule has 0 amide bonds. The highest BCUT2D eigenvalue weighted by molar-refractivity contribution is 5.89. The molecule has 18 nitrogen and oxygen atoms in total. The summed E-state index contributed by atoms with van der Waals surface area (Å²) in [6, 6.07) is 11.0. The molecular weight excluding hydrogens is 720 g/mol. The Morgan fingerprint density at radius 2 is 1.50 bits per heavy atom. The minimum Gasteiger partial charge on any atom is -0.508 e. The molecule has 0 bridgehead atoms. The summed E-state index contributed by atoms with van der Waals surface area (Å²) in [4.78, 5) is 27.1. The maximum Gasteiger partial charge on any atom is 0.331 e. The van der Waals surface area contributed by atoms with Crippen molar-refractivity contribution >= 4 is 23.0 Å². The number of benzene rings is 3. The second-order valence-electron chi connectivity index (χ2n) is 12.6. The van der Waals surface area contributed by atoms with Gasteiger partial charge in [0.1, 0.15) is 64.8 Å². The number of ether oxygens (including phenoxy) is 5. The van der Waals surface area contributed by atoms with Gasteiger partial charge in [0.05, 0.1) is 12.7 Å². The predicted molar refractivity (Wildman–Crippen MR) is 181 cm³/mol. The summed E-state index contributed by atoms with van der Waals surface area (Å²) >= 11 is 0. The topological polar surface area (TPSA) is 296 Å². The number of aliphatic hydroxyl groups excluding tert-OH is 6. The van der Waals surface area contributed by atoms with E-state index in [1.54, 1.807) is 0 Å². The number of rotatable bonds is 9. The third kappa shape index (κ3) is 7.63. The van der Waals surface area contributed by atoms with Crippen molar-refractivity contribution in [3.05, 3.63) is 76.5 Å². The second kappa shape index (κ2) is 15.5. The number of fused-ring (bicyclic) bond motifs is 1. The number of phenols is 4. The zero-order valence-corrected chi connectivity index (χ0v) is 28.1. The van der Waals surface area contributed by atoms with E-state index >= 15 is 0 Å². The molecule has 0 spiro atoms. The van der Waals surface area contributed by atoms with Crippen LogP contribution in [0.25, 0.3) is 28.4 Å². The molecule has 10 atom stereocenters. The van der Waals surface area contributed by atoms with Gasteiger partial charge < -0.3 is 79.2 Å². The SMILES string of the molecule is C[C@H]1O[C@@H](Oc2cc(O)c3c(=O)c(O[C@@H]4O[C@H](CO)[C@@H](O)[C@@H](O)[C@H]4OC(=O)/C=C/c4ccc(O)c(O)c4)c(-c4ccc(O)cc4)oc3c2)[C@H](O)[C@@H](O)[C@H]1O. The fraction of sp³-hybridized carbons (Fsp3) is 0.333. The molecule has 1 aromatic heterocycles. The molecule has 54 heavy (non-hydrogen) atoms. The Bertz CT molecular complexity index is 2080.